The number of likely N-dealkylation sites (tertiary alicyclic amines) is 1. The normalized spacial score (nSPS) is 13.8. The third-order valence-electron chi connectivity index (χ3n) is 7.14. The van der Waals surface area contributed by atoms with Crippen molar-refractivity contribution in [2.24, 2.45) is 0 Å². The van der Waals surface area contributed by atoms with E-state index in [1.54, 1.807) is 11.1 Å². The van der Waals surface area contributed by atoms with Gasteiger partial charge in [0.2, 0.25) is 0 Å². The Labute approximate surface area is 230 Å². The highest BCUT2D eigenvalue weighted by Crippen LogP contribution is 2.30. The van der Waals surface area contributed by atoms with E-state index < -0.39 is 5.97 Å². The van der Waals surface area contributed by atoms with Crippen LogP contribution in [0.15, 0.2) is 85.2 Å². The molecule has 1 fully saturated rings. The van der Waals surface area contributed by atoms with Gasteiger partial charge in [-0.3, -0.25) is 9.97 Å². The molecule has 200 valence electrons. The average Bonchev–Trinajstić information content (AvgIpc) is 3.00. The zero-order valence-electron chi connectivity index (χ0n) is 21.7. The van der Waals surface area contributed by atoms with Gasteiger partial charge in [-0.25, -0.2) is 14.6 Å². The molecular formula is C31H27N5O4. The van der Waals surface area contributed by atoms with E-state index in [0.29, 0.717) is 48.3 Å². The fraction of sp³-hybridized carbons (Fsp3) is 0.194. The monoisotopic (exact) mass is 533 g/mol. The minimum absolute atomic E-state index is 0.0466. The summed E-state index contributed by atoms with van der Waals surface area (Å²) in [5.41, 5.74) is 4.88. The molecule has 5 aromatic rings. The van der Waals surface area contributed by atoms with Gasteiger partial charge >= 0.3 is 12.1 Å². The van der Waals surface area contributed by atoms with Crippen LogP contribution in [-0.2, 0) is 11.3 Å². The molecule has 1 saturated heterocycles. The summed E-state index contributed by atoms with van der Waals surface area (Å²) in [4.78, 5) is 40.2. The number of amides is 1. The highest BCUT2D eigenvalue weighted by molar-refractivity contribution is 6.03. The zero-order chi connectivity index (χ0) is 27.5. The second-order valence-corrected chi connectivity index (χ2v) is 9.78. The number of benzene rings is 2. The van der Waals surface area contributed by atoms with Crippen LogP contribution in [0.1, 0.15) is 28.8 Å². The minimum atomic E-state index is -1.08. The molecule has 1 amide bonds. The van der Waals surface area contributed by atoms with Gasteiger partial charge in [0.1, 0.15) is 17.7 Å². The summed E-state index contributed by atoms with van der Waals surface area (Å²) in [6, 6.07) is 23.1. The number of anilines is 1. The van der Waals surface area contributed by atoms with Crippen LogP contribution in [0, 0.1) is 0 Å². The molecular weight excluding hydrogens is 506 g/mol. The third kappa shape index (κ3) is 5.26. The number of rotatable bonds is 6. The van der Waals surface area contributed by atoms with Crippen LogP contribution in [0.25, 0.3) is 33.2 Å². The molecule has 0 bridgehead atoms. The largest absolute Gasteiger partial charge is 0.478 e. The SMILES string of the molecule is O=C(O)c1cnc2ccc(-c3cnc4ccccc4c3)nc2c1NC1CCN(C(=O)OCc2ccccc2)CC1. The van der Waals surface area contributed by atoms with E-state index in [4.69, 9.17) is 9.72 Å². The predicted molar refractivity (Wildman–Crippen MR) is 152 cm³/mol. The van der Waals surface area contributed by atoms with Crippen LogP contribution >= 0.6 is 0 Å². The first-order chi connectivity index (χ1) is 19.5. The number of ether oxygens (including phenoxy) is 1. The number of hydrogen-bond donors (Lipinski definition) is 2. The zero-order valence-corrected chi connectivity index (χ0v) is 21.7. The first-order valence-corrected chi connectivity index (χ1v) is 13.2. The van der Waals surface area contributed by atoms with Gasteiger partial charge in [0.25, 0.3) is 0 Å². The van der Waals surface area contributed by atoms with Crippen molar-refractivity contribution >= 4 is 39.7 Å². The highest BCUT2D eigenvalue weighted by Gasteiger charge is 2.26. The lowest BCUT2D eigenvalue weighted by molar-refractivity contribution is 0.0697. The lowest BCUT2D eigenvalue weighted by Crippen LogP contribution is -2.42. The van der Waals surface area contributed by atoms with Gasteiger partial charge in [-0.15, -0.1) is 0 Å². The molecule has 3 aromatic heterocycles. The van der Waals surface area contributed by atoms with E-state index in [9.17, 15) is 14.7 Å². The first-order valence-electron chi connectivity index (χ1n) is 13.2. The molecule has 2 aromatic carbocycles. The molecule has 0 unspecified atom stereocenters. The van der Waals surface area contributed by atoms with Crippen LogP contribution in [0.5, 0.6) is 0 Å². The summed E-state index contributed by atoms with van der Waals surface area (Å²) in [7, 11) is 0. The summed E-state index contributed by atoms with van der Waals surface area (Å²) in [6.45, 7) is 1.22. The van der Waals surface area contributed by atoms with Crippen molar-refractivity contribution in [2.45, 2.75) is 25.5 Å². The van der Waals surface area contributed by atoms with E-state index in [-0.39, 0.29) is 24.3 Å². The van der Waals surface area contributed by atoms with Crippen molar-refractivity contribution < 1.29 is 19.4 Å². The second-order valence-electron chi connectivity index (χ2n) is 9.78. The molecule has 0 spiro atoms. The summed E-state index contributed by atoms with van der Waals surface area (Å²) >= 11 is 0. The van der Waals surface area contributed by atoms with Crippen molar-refractivity contribution in [3.8, 4) is 11.3 Å². The molecule has 0 aliphatic carbocycles. The fourth-order valence-corrected chi connectivity index (χ4v) is 4.97. The number of nitrogens with zero attached hydrogens (tertiary/aromatic N) is 4. The van der Waals surface area contributed by atoms with Crippen molar-refractivity contribution in [3.05, 3.63) is 96.3 Å². The Bertz CT molecular complexity index is 1700. The fourth-order valence-electron chi connectivity index (χ4n) is 4.97. The number of hydrogen-bond acceptors (Lipinski definition) is 7. The lowest BCUT2D eigenvalue weighted by atomic mass is 10.0. The third-order valence-corrected chi connectivity index (χ3v) is 7.14. The quantitative estimate of drug-likeness (QED) is 0.283. The van der Waals surface area contributed by atoms with Crippen LogP contribution in [0.3, 0.4) is 0 Å². The maximum Gasteiger partial charge on any atom is 0.410 e. The number of carboxylic acid groups (broad SMARTS) is 1. The molecule has 0 atom stereocenters. The molecule has 0 radical (unpaired) electrons. The lowest BCUT2D eigenvalue weighted by Gasteiger charge is -2.32. The van der Waals surface area contributed by atoms with Gasteiger partial charge in [-0.1, -0.05) is 48.5 Å². The van der Waals surface area contributed by atoms with E-state index in [2.05, 4.69) is 15.3 Å². The van der Waals surface area contributed by atoms with Gasteiger partial charge in [0.05, 0.1) is 22.4 Å². The number of pyridine rings is 3. The van der Waals surface area contributed by atoms with Gasteiger partial charge in [0, 0.05) is 42.5 Å². The Morgan fingerprint density at radius 1 is 0.925 bits per heavy atom. The number of carbonyl (C=O) groups excluding carboxylic acids is 1. The van der Waals surface area contributed by atoms with Gasteiger partial charge in [0.15, 0.2) is 0 Å². The molecule has 0 saturated carbocycles. The van der Waals surface area contributed by atoms with Gasteiger partial charge in [-0.2, -0.15) is 0 Å². The molecule has 1 aliphatic heterocycles. The van der Waals surface area contributed by atoms with Crippen molar-refractivity contribution in [2.75, 3.05) is 18.4 Å². The number of nitrogens with one attached hydrogen (secondary N) is 1. The topological polar surface area (TPSA) is 118 Å². The Kier molecular flexibility index (Phi) is 6.93. The summed E-state index contributed by atoms with van der Waals surface area (Å²) in [5.74, 6) is -1.08. The number of fused-ring (bicyclic) bond motifs is 2. The van der Waals surface area contributed by atoms with Crippen LogP contribution in [0.4, 0.5) is 10.5 Å². The minimum Gasteiger partial charge on any atom is -0.478 e. The Hall–Kier alpha value is -5.05. The Morgan fingerprint density at radius 3 is 2.48 bits per heavy atom. The second kappa shape index (κ2) is 11.0. The summed E-state index contributed by atoms with van der Waals surface area (Å²) in [6.07, 6.45) is 4.06. The van der Waals surface area contributed by atoms with E-state index in [1.807, 2.05) is 72.8 Å². The molecule has 4 heterocycles. The van der Waals surface area contributed by atoms with E-state index >= 15 is 0 Å². The van der Waals surface area contributed by atoms with Crippen LogP contribution in [-0.4, -0.2) is 56.2 Å². The summed E-state index contributed by atoms with van der Waals surface area (Å²) in [5, 5.41) is 14.4. The van der Waals surface area contributed by atoms with Gasteiger partial charge in [-0.05, 0) is 42.7 Å². The number of aromatic nitrogens is 3. The molecule has 1 aliphatic rings. The van der Waals surface area contributed by atoms with E-state index in [0.717, 1.165) is 22.0 Å². The molecule has 9 heteroatoms. The van der Waals surface area contributed by atoms with Gasteiger partial charge < -0.3 is 20.1 Å². The molecule has 2 N–H and O–H groups in total. The molecule has 40 heavy (non-hydrogen) atoms. The molecule has 6 rings (SSSR count). The molecule has 9 nitrogen and oxygen atoms in total. The summed E-state index contributed by atoms with van der Waals surface area (Å²) < 4.78 is 5.48. The van der Waals surface area contributed by atoms with E-state index in [1.165, 1.54) is 6.20 Å². The number of para-hydroxylation sites is 1. The number of piperidine rings is 1. The Morgan fingerprint density at radius 2 is 1.68 bits per heavy atom. The average molecular weight is 534 g/mol. The van der Waals surface area contributed by atoms with Crippen molar-refractivity contribution in [3.63, 3.8) is 0 Å². The highest BCUT2D eigenvalue weighted by atomic mass is 16.6. The standard InChI is InChI=1S/C31H27N5O4/c37-30(38)24-18-33-27-11-10-26(22-16-21-8-4-5-9-25(21)32-17-22)35-29(27)28(24)34-23-12-14-36(15-13-23)31(39)40-19-20-6-2-1-3-7-20/h1-11,16-18,23H,12-15,19H2,(H,33,34)(H,37,38). The number of aromatic carboxylic acids is 1. The first kappa shape index (κ1) is 25.2. The van der Waals surface area contributed by atoms with Crippen molar-refractivity contribution in [1.82, 2.24) is 19.9 Å². The number of carbonyl (C=O) groups is 2. The van der Waals surface area contributed by atoms with Crippen molar-refractivity contribution in [1.29, 1.82) is 0 Å². The maximum atomic E-state index is 12.6. The van der Waals surface area contributed by atoms with Crippen LogP contribution in [0.2, 0.25) is 0 Å². The Balaban J connectivity index is 1.21. The maximum absolute atomic E-state index is 12.6. The predicted octanol–water partition coefficient (Wildman–Crippen LogP) is 5.76. The smallest absolute Gasteiger partial charge is 0.410 e. The van der Waals surface area contributed by atoms with Crippen LogP contribution < -0.4 is 5.32 Å². The number of carboxylic acids is 1.